The lowest BCUT2D eigenvalue weighted by Gasteiger charge is -2.18. The van der Waals surface area contributed by atoms with Gasteiger partial charge in [-0.1, -0.05) is 61.5 Å². The van der Waals surface area contributed by atoms with Gasteiger partial charge in [-0.05, 0) is 41.8 Å². The summed E-state index contributed by atoms with van der Waals surface area (Å²) in [5.74, 6) is 0.141. The summed E-state index contributed by atoms with van der Waals surface area (Å²) < 4.78 is 5.80. The van der Waals surface area contributed by atoms with Gasteiger partial charge in [0.2, 0.25) is 5.91 Å². The molecule has 0 bridgehead atoms. The number of nitrogens with one attached hydrogen (secondary N) is 1. The highest BCUT2D eigenvalue weighted by atomic mass is 16.5. The Morgan fingerprint density at radius 1 is 0.933 bits per heavy atom. The van der Waals surface area contributed by atoms with Crippen LogP contribution in [0.15, 0.2) is 78.9 Å². The Morgan fingerprint density at radius 2 is 1.67 bits per heavy atom. The van der Waals surface area contributed by atoms with E-state index in [9.17, 15) is 9.59 Å². The van der Waals surface area contributed by atoms with Crippen LogP contribution in [0.5, 0.6) is 5.75 Å². The monoisotopic (exact) mass is 402 g/mol. The molecule has 0 aliphatic heterocycles. The number of hydrogen-bond acceptors (Lipinski definition) is 3. The van der Waals surface area contributed by atoms with Crippen molar-refractivity contribution in [3.63, 3.8) is 0 Å². The number of amides is 2. The van der Waals surface area contributed by atoms with Gasteiger partial charge in [-0.2, -0.15) is 0 Å². The zero-order valence-electron chi connectivity index (χ0n) is 17.3. The maximum absolute atomic E-state index is 12.8. The summed E-state index contributed by atoms with van der Waals surface area (Å²) in [6, 6.07) is 24.5. The number of aryl methyl sites for hydroxylation is 1. The van der Waals surface area contributed by atoms with E-state index in [2.05, 4.69) is 5.32 Å². The Labute approximate surface area is 177 Å². The first-order valence-electron chi connectivity index (χ1n) is 9.97. The summed E-state index contributed by atoms with van der Waals surface area (Å²) in [6.45, 7) is 2.42. The highest BCUT2D eigenvalue weighted by Gasteiger charge is 2.16. The van der Waals surface area contributed by atoms with Gasteiger partial charge in [-0.25, -0.2) is 0 Å². The maximum Gasteiger partial charge on any atom is 0.254 e. The number of hydrogen-bond donors (Lipinski definition) is 1. The van der Waals surface area contributed by atoms with E-state index in [4.69, 9.17) is 4.74 Å². The van der Waals surface area contributed by atoms with Crippen LogP contribution in [-0.2, 0) is 17.8 Å². The molecule has 0 heterocycles. The summed E-state index contributed by atoms with van der Waals surface area (Å²) in [4.78, 5) is 26.6. The third kappa shape index (κ3) is 5.70. The van der Waals surface area contributed by atoms with Crippen LogP contribution in [0.2, 0.25) is 0 Å². The van der Waals surface area contributed by atoms with E-state index in [1.807, 2.05) is 67.6 Å². The van der Waals surface area contributed by atoms with Crippen LogP contribution in [0.25, 0.3) is 0 Å². The molecule has 2 amide bonds. The van der Waals surface area contributed by atoms with Crippen molar-refractivity contribution in [2.75, 3.05) is 18.9 Å². The van der Waals surface area contributed by atoms with Crippen molar-refractivity contribution in [3.05, 3.63) is 95.6 Å². The van der Waals surface area contributed by atoms with Crippen molar-refractivity contribution in [1.82, 2.24) is 4.90 Å². The minimum absolute atomic E-state index is 0.0357. The molecular formula is C25H26N2O3. The number of carbonyl (C=O) groups is 2. The fraction of sp³-hybridized carbons (Fsp3) is 0.200. The van der Waals surface area contributed by atoms with Gasteiger partial charge in [0.25, 0.3) is 5.91 Å². The Balaban J connectivity index is 1.59. The third-order valence-corrected chi connectivity index (χ3v) is 4.73. The van der Waals surface area contributed by atoms with Gasteiger partial charge in [-0.3, -0.25) is 9.59 Å². The average molecular weight is 402 g/mol. The number of anilines is 1. The van der Waals surface area contributed by atoms with Crippen LogP contribution in [0.3, 0.4) is 0 Å². The minimum Gasteiger partial charge on any atom is -0.489 e. The molecule has 0 spiro atoms. The number of carbonyl (C=O) groups excluding carboxylic acids is 2. The van der Waals surface area contributed by atoms with Crippen LogP contribution < -0.4 is 10.1 Å². The van der Waals surface area contributed by atoms with Crippen LogP contribution in [0.4, 0.5) is 5.69 Å². The minimum atomic E-state index is -0.237. The van der Waals surface area contributed by atoms with Gasteiger partial charge in [-0.15, -0.1) is 0 Å². The smallest absolute Gasteiger partial charge is 0.254 e. The Hall–Kier alpha value is -3.60. The lowest BCUT2D eigenvalue weighted by Crippen LogP contribution is -2.35. The molecule has 30 heavy (non-hydrogen) atoms. The van der Waals surface area contributed by atoms with Crippen LogP contribution in [-0.4, -0.2) is 30.3 Å². The molecule has 0 atom stereocenters. The number of para-hydroxylation sites is 1. The normalized spacial score (nSPS) is 10.3. The molecule has 0 radical (unpaired) electrons. The van der Waals surface area contributed by atoms with Gasteiger partial charge in [0.15, 0.2) is 0 Å². The molecule has 5 nitrogen and oxygen atoms in total. The molecule has 1 N–H and O–H groups in total. The molecule has 0 saturated heterocycles. The van der Waals surface area contributed by atoms with E-state index in [1.54, 1.807) is 25.2 Å². The van der Waals surface area contributed by atoms with Crippen molar-refractivity contribution in [1.29, 1.82) is 0 Å². The predicted octanol–water partition coefficient (Wildman–Crippen LogP) is 4.54. The molecular weight excluding hydrogens is 376 g/mol. The largest absolute Gasteiger partial charge is 0.489 e. The molecule has 0 saturated carbocycles. The van der Waals surface area contributed by atoms with Crippen molar-refractivity contribution in [3.8, 4) is 5.75 Å². The molecule has 0 fully saturated rings. The zero-order valence-corrected chi connectivity index (χ0v) is 17.3. The number of nitrogens with zero attached hydrogens (tertiary/aromatic N) is 1. The van der Waals surface area contributed by atoms with Crippen LogP contribution >= 0.6 is 0 Å². The molecule has 3 aromatic rings. The van der Waals surface area contributed by atoms with E-state index in [0.29, 0.717) is 17.9 Å². The quantitative estimate of drug-likeness (QED) is 0.602. The molecule has 154 valence electrons. The SMILES string of the molecule is CCc1ccccc1NC(=O)CN(C)C(=O)c1cccc(OCc2ccccc2)c1. The number of rotatable bonds is 8. The topological polar surface area (TPSA) is 58.6 Å². The number of ether oxygens (including phenoxy) is 1. The van der Waals surface area contributed by atoms with Crippen LogP contribution in [0, 0.1) is 0 Å². The summed E-state index contributed by atoms with van der Waals surface area (Å²) in [7, 11) is 1.62. The molecule has 0 aromatic heterocycles. The standard InChI is InChI=1S/C25H26N2O3/c1-3-20-12-7-8-15-23(20)26-24(28)17-27(2)25(29)21-13-9-14-22(16-21)30-18-19-10-5-4-6-11-19/h4-16H,3,17-18H2,1-2H3,(H,26,28). The third-order valence-electron chi connectivity index (χ3n) is 4.73. The van der Waals surface area contributed by atoms with Gasteiger partial charge in [0.1, 0.15) is 12.4 Å². The molecule has 3 aromatic carbocycles. The van der Waals surface area contributed by atoms with E-state index >= 15 is 0 Å². The Kier molecular flexibility index (Phi) is 7.22. The molecule has 0 aliphatic rings. The summed E-state index contributed by atoms with van der Waals surface area (Å²) in [5, 5.41) is 2.89. The predicted molar refractivity (Wildman–Crippen MR) is 119 cm³/mol. The van der Waals surface area contributed by atoms with Gasteiger partial charge < -0.3 is 15.0 Å². The first-order valence-corrected chi connectivity index (χ1v) is 9.97. The van der Waals surface area contributed by atoms with Crippen molar-refractivity contribution < 1.29 is 14.3 Å². The molecule has 5 heteroatoms. The average Bonchev–Trinajstić information content (AvgIpc) is 2.78. The Bertz CT molecular complexity index is 1000. The first-order chi connectivity index (χ1) is 14.6. The second kappa shape index (κ2) is 10.3. The zero-order chi connectivity index (χ0) is 21.3. The fourth-order valence-corrected chi connectivity index (χ4v) is 3.11. The first kappa shape index (κ1) is 21.1. The second-order valence-corrected chi connectivity index (χ2v) is 7.02. The van der Waals surface area contributed by atoms with E-state index in [1.165, 1.54) is 4.90 Å². The maximum atomic E-state index is 12.8. The summed E-state index contributed by atoms with van der Waals surface area (Å²) >= 11 is 0. The van der Waals surface area contributed by atoms with Gasteiger partial charge in [0.05, 0.1) is 6.54 Å². The van der Waals surface area contributed by atoms with Gasteiger partial charge in [0, 0.05) is 18.3 Å². The Morgan fingerprint density at radius 3 is 2.43 bits per heavy atom. The molecule has 3 rings (SSSR count). The molecule has 0 aliphatic carbocycles. The van der Waals surface area contributed by atoms with Gasteiger partial charge >= 0.3 is 0 Å². The van der Waals surface area contributed by atoms with Crippen molar-refractivity contribution in [2.24, 2.45) is 0 Å². The van der Waals surface area contributed by atoms with Crippen molar-refractivity contribution in [2.45, 2.75) is 20.0 Å². The fourth-order valence-electron chi connectivity index (χ4n) is 3.11. The lowest BCUT2D eigenvalue weighted by molar-refractivity contribution is -0.116. The second-order valence-electron chi connectivity index (χ2n) is 7.02. The van der Waals surface area contributed by atoms with Crippen molar-refractivity contribution >= 4 is 17.5 Å². The number of benzene rings is 3. The van der Waals surface area contributed by atoms with E-state index in [-0.39, 0.29) is 18.4 Å². The highest BCUT2D eigenvalue weighted by Crippen LogP contribution is 2.17. The highest BCUT2D eigenvalue weighted by molar-refractivity contribution is 5.99. The van der Waals surface area contributed by atoms with E-state index in [0.717, 1.165) is 23.2 Å². The number of likely N-dealkylation sites (N-methyl/N-ethyl adjacent to an activating group) is 1. The van der Waals surface area contributed by atoms with Crippen LogP contribution in [0.1, 0.15) is 28.4 Å². The molecule has 0 unspecified atom stereocenters. The summed E-state index contributed by atoms with van der Waals surface area (Å²) in [6.07, 6.45) is 0.820. The van der Waals surface area contributed by atoms with E-state index < -0.39 is 0 Å². The summed E-state index contributed by atoms with van der Waals surface area (Å²) in [5.41, 5.74) is 3.37. The lowest BCUT2D eigenvalue weighted by atomic mass is 10.1.